The lowest BCUT2D eigenvalue weighted by Gasteiger charge is -2.29. The zero-order valence-electron chi connectivity index (χ0n) is 13.0. The Morgan fingerprint density at radius 3 is 2.62 bits per heavy atom. The number of primary amides is 1. The molecule has 1 unspecified atom stereocenters. The van der Waals surface area contributed by atoms with E-state index < -0.39 is 5.54 Å². The topological polar surface area (TPSA) is 55.1 Å². The number of carbonyl (C=O) groups excluding carboxylic acids is 1. The largest absolute Gasteiger partial charge is 0.368 e. The molecule has 0 saturated carbocycles. The van der Waals surface area contributed by atoms with Gasteiger partial charge in [0, 0.05) is 15.4 Å². The zero-order chi connectivity index (χ0) is 15.9. The van der Waals surface area contributed by atoms with E-state index >= 15 is 0 Å². The number of carbonyl (C=O) groups is 1. The fourth-order valence-corrected chi connectivity index (χ4v) is 3.81. The van der Waals surface area contributed by atoms with Gasteiger partial charge in [-0.05, 0) is 67.4 Å². The Balaban J connectivity index is 2.35. The van der Waals surface area contributed by atoms with Gasteiger partial charge in [-0.2, -0.15) is 0 Å². The van der Waals surface area contributed by atoms with E-state index in [1.54, 1.807) is 0 Å². The molecule has 0 spiro atoms. The lowest BCUT2D eigenvalue weighted by atomic mass is 9.93. The lowest BCUT2D eigenvalue weighted by molar-refractivity contribution is -0.124. The summed E-state index contributed by atoms with van der Waals surface area (Å²) in [5, 5.41) is 3.28. The summed E-state index contributed by atoms with van der Waals surface area (Å²) in [6.07, 6.45) is 2.82. The first-order valence-corrected chi connectivity index (χ1v) is 9.08. The van der Waals surface area contributed by atoms with Crippen LogP contribution in [0.5, 0.6) is 0 Å². The van der Waals surface area contributed by atoms with Gasteiger partial charge in [-0.1, -0.05) is 18.6 Å². The first-order valence-electron chi connectivity index (χ1n) is 7.30. The van der Waals surface area contributed by atoms with Crippen LogP contribution in [0.3, 0.4) is 0 Å². The van der Waals surface area contributed by atoms with Crippen LogP contribution in [0.1, 0.15) is 40.0 Å². The van der Waals surface area contributed by atoms with Crippen LogP contribution in [0, 0.1) is 0 Å². The van der Waals surface area contributed by atoms with Crippen molar-refractivity contribution in [2.24, 2.45) is 5.73 Å². The maximum Gasteiger partial charge on any atom is 0.237 e. The summed E-state index contributed by atoms with van der Waals surface area (Å²) in [7, 11) is 0. The zero-order valence-corrected chi connectivity index (χ0v) is 15.4. The number of unbranched alkanes of at least 4 members (excludes halogenated alkanes) is 1. The number of rotatable bonds is 9. The first-order chi connectivity index (χ1) is 9.85. The van der Waals surface area contributed by atoms with Crippen molar-refractivity contribution in [2.45, 2.75) is 56.5 Å². The van der Waals surface area contributed by atoms with Gasteiger partial charge >= 0.3 is 0 Å². The van der Waals surface area contributed by atoms with E-state index in [-0.39, 0.29) is 11.9 Å². The third-order valence-corrected chi connectivity index (χ3v) is 5.43. The Labute approximate surface area is 140 Å². The number of amides is 1. The van der Waals surface area contributed by atoms with Gasteiger partial charge in [-0.15, -0.1) is 11.8 Å². The molecular formula is C16H25BrN2OS. The highest BCUT2D eigenvalue weighted by atomic mass is 79.9. The number of nitrogens with two attached hydrogens (primary N) is 1. The molecule has 0 aliphatic carbocycles. The minimum absolute atomic E-state index is 0.247. The van der Waals surface area contributed by atoms with E-state index in [0.29, 0.717) is 0 Å². The molecule has 3 N–H and O–H groups in total. The van der Waals surface area contributed by atoms with E-state index in [9.17, 15) is 4.79 Å². The second kappa shape index (κ2) is 8.81. The predicted octanol–water partition coefficient (Wildman–Crippen LogP) is 3.95. The van der Waals surface area contributed by atoms with Crippen LogP contribution >= 0.6 is 27.7 Å². The van der Waals surface area contributed by atoms with Gasteiger partial charge in [0.15, 0.2) is 0 Å². The van der Waals surface area contributed by atoms with E-state index in [0.717, 1.165) is 29.5 Å². The van der Waals surface area contributed by atoms with Crippen molar-refractivity contribution < 1.29 is 4.79 Å². The molecule has 5 heteroatoms. The van der Waals surface area contributed by atoms with E-state index in [1.807, 2.05) is 44.7 Å². The Morgan fingerprint density at radius 1 is 1.38 bits per heavy atom. The van der Waals surface area contributed by atoms with Crippen LogP contribution < -0.4 is 11.1 Å². The molecule has 0 radical (unpaired) electrons. The second-order valence-corrected chi connectivity index (χ2v) is 7.72. The predicted molar refractivity (Wildman–Crippen MR) is 94.6 cm³/mol. The van der Waals surface area contributed by atoms with Crippen molar-refractivity contribution >= 4 is 33.6 Å². The smallest absolute Gasteiger partial charge is 0.237 e. The molecule has 0 saturated heterocycles. The van der Waals surface area contributed by atoms with Crippen molar-refractivity contribution in [1.82, 2.24) is 5.32 Å². The van der Waals surface area contributed by atoms with E-state index in [2.05, 4.69) is 33.4 Å². The number of thioether (sulfide) groups is 1. The molecule has 1 atom stereocenters. The molecule has 0 bridgehead atoms. The second-order valence-electron chi connectivity index (χ2n) is 5.73. The third kappa shape index (κ3) is 6.41. The highest BCUT2D eigenvalue weighted by molar-refractivity contribution is 9.10. The molecule has 1 aromatic carbocycles. The van der Waals surface area contributed by atoms with Crippen molar-refractivity contribution in [2.75, 3.05) is 5.75 Å². The van der Waals surface area contributed by atoms with Crippen molar-refractivity contribution in [3.05, 3.63) is 28.7 Å². The molecule has 3 nitrogen and oxygen atoms in total. The average Bonchev–Trinajstić information content (AvgIpc) is 2.39. The van der Waals surface area contributed by atoms with Crippen LogP contribution in [0.15, 0.2) is 33.6 Å². The Hall–Kier alpha value is -0.520. The average molecular weight is 373 g/mol. The summed E-state index contributed by atoms with van der Waals surface area (Å²) in [6, 6.07) is 8.48. The Kier molecular flexibility index (Phi) is 7.77. The molecule has 0 aromatic heterocycles. The highest BCUT2D eigenvalue weighted by Crippen LogP contribution is 2.28. The van der Waals surface area contributed by atoms with Gasteiger partial charge in [0.05, 0.1) is 5.54 Å². The van der Waals surface area contributed by atoms with Crippen molar-refractivity contribution in [3.8, 4) is 0 Å². The number of hydrogen-bond donors (Lipinski definition) is 2. The third-order valence-electron chi connectivity index (χ3n) is 3.32. The Bertz CT molecular complexity index is 467. The minimum atomic E-state index is -0.605. The quantitative estimate of drug-likeness (QED) is 0.509. The van der Waals surface area contributed by atoms with Gasteiger partial charge in [0.1, 0.15) is 0 Å². The molecular weight excluding hydrogens is 348 g/mol. The molecule has 21 heavy (non-hydrogen) atoms. The summed E-state index contributed by atoms with van der Waals surface area (Å²) in [5.74, 6) is 0.772. The summed E-state index contributed by atoms with van der Waals surface area (Å²) in [5.41, 5.74) is 4.93. The van der Waals surface area contributed by atoms with Crippen LogP contribution in [0.2, 0.25) is 0 Å². The maximum absolute atomic E-state index is 11.6. The molecule has 1 aromatic rings. The molecule has 0 aliphatic heterocycles. The standard InChI is InChI=1S/C16H25BrN2OS/c1-12(2)19-16(3,15(18)20)10-6-7-11-21-14-9-5-4-8-13(14)17/h4-5,8-9,12,19H,6-7,10-11H2,1-3H3,(H2,18,20). The summed E-state index contributed by atoms with van der Waals surface area (Å²) in [4.78, 5) is 12.9. The fraction of sp³-hybridized carbons (Fsp3) is 0.562. The highest BCUT2D eigenvalue weighted by Gasteiger charge is 2.30. The first kappa shape index (κ1) is 18.5. The molecule has 0 heterocycles. The lowest BCUT2D eigenvalue weighted by Crippen LogP contribution is -2.55. The van der Waals surface area contributed by atoms with Gasteiger partial charge in [-0.3, -0.25) is 4.79 Å². The molecule has 1 amide bonds. The van der Waals surface area contributed by atoms with Crippen LogP contribution in [0.4, 0.5) is 0 Å². The minimum Gasteiger partial charge on any atom is -0.368 e. The maximum atomic E-state index is 11.6. The number of nitrogens with one attached hydrogen (secondary N) is 1. The SMILES string of the molecule is CC(C)NC(C)(CCCCSc1ccccc1Br)C(N)=O. The van der Waals surface area contributed by atoms with Gasteiger partial charge in [-0.25, -0.2) is 0 Å². The van der Waals surface area contributed by atoms with E-state index in [1.165, 1.54) is 4.90 Å². The molecule has 118 valence electrons. The fourth-order valence-electron chi connectivity index (χ4n) is 2.23. The van der Waals surface area contributed by atoms with Crippen LogP contribution in [-0.2, 0) is 4.79 Å². The van der Waals surface area contributed by atoms with Crippen LogP contribution in [-0.4, -0.2) is 23.2 Å². The van der Waals surface area contributed by atoms with Gasteiger partial charge in [0.2, 0.25) is 5.91 Å². The van der Waals surface area contributed by atoms with Crippen LogP contribution in [0.25, 0.3) is 0 Å². The summed E-state index contributed by atoms with van der Waals surface area (Å²) in [6.45, 7) is 5.96. The summed E-state index contributed by atoms with van der Waals surface area (Å²) >= 11 is 5.39. The normalized spacial score (nSPS) is 14.1. The van der Waals surface area contributed by atoms with Gasteiger partial charge in [0.25, 0.3) is 0 Å². The number of halogens is 1. The molecule has 1 rings (SSSR count). The summed E-state index contributed by atoms with van der Waals surface area (Å²) < 4.78 is 1.14. The monoisotopic (exact) mass is 372 g/mol. The number of hydrogen-bond acceptors (Lipinski definition) is 3. The van der Waals surface area contributed by atoms with Crippen molar-refractivity contribution in [1.29, 1.82) is 0 Å². The Morgan fingerprint density at radius 2 is 2.05 bits per heavy atom. The van der Waals surface area contributed by atoms with Gasteiger partial charge < -0.3 is 11.1 Å². The van der Waals surface area contributed by atoms with Crippen molar-refractivity contribution in [3.63, 3.8) is 0 Å². The molecule has 0 aliphatic rings. The number of benzene rings is 1. The van der Waals surface area contributed by atoms with E-state index in [4.69, 9.17) is 5.73 Å². The molecule has 0 fully saturated rings.